The molecule has 5 nitrogen and oxygen atoms in total. The van der Waals surface area contributed by atoms with Crippen LogP contribution in [0.2, 0.25) is 5.02 Å². The number of halogens is 1. The van der Waals surface area contributed by atoms with Gasteiger partial charge in [-0.25, -0.2) is 18.4 Å². The standard InChI is InChI=1S/C23H16ClN3O2S/c24-18-8-3-1-7-17(18)14-27-15-25-23-20(27)10-5-11-21(23)30(28,29)22-13-12-16-6-2-4-9-19(16)26-22/h1-13,15H,14H2. The van der Waals surface area contributed by atoms with Crippen molar-refractivity contribution in [3.63, 3.8) is 0 Å². The Kier molecular flexibility index (Phi) is 4.53. The summed E-state index contributed by atoms with van der Waals surface area (Å²) in [5.41, 5.74) is 2.70. The van der Waals surface area contributed by atoms with Gasteiger partial charge in [-0.1, -0.05) is 54.1 Å². The molecule has 2 aromatic heterocycles. The highest BCUT2D eigenvalue weighted by Crippen LogP contribution is 2.28. The van der Waals surface area contributed by atoms with Gasteiger partial charge in [-0.15, -0.1) is 0 Å². The van der Waals surface area contributed by atoms with Crippen LogP contribution in [0, 0.1) is 0 Å². The summed E-state index contributed by atoms with van der Waals surface area (Å²) in [7, 11) is -3.84. The maximum Gasteiger partial charge on any atom is 0.226 e. The zero-order chi connectivity index (χ0) is 20.7. The minimum absolute atomic E-state index is 0.00866. The maximum absolute atomic E-state index is 13.4. The molecule has 0 amide bonds. The highest BCUT2D eigenvalue weighted by atomic mass is 35.5. The predicted octanol–water partition coefficient (Wildman–Crippen LogP) is 5.12. The molecule has 5 rings (SSSR count). The van der Waals surface area contributed by atoms with Gasteiger partial charge < -0.3 is 4.57 Å². The van der Waals surface area contributed by atoms with E-state index in [0.717, 1.165) is 16.5 Å². The second-order valence-corrected chi connectivity index (χ2v) is 9.21. The lowest BCUT2D eigenvalue weighted by Gasteiger charge is -2.08. The van der Waals surface area contributed by atoms with Gasteiger partial charge in [0.15, 0.2) is 5.03 Å². The van der Waals surface area contributed by atoms with Gasteiger partial charge in [0.2, 0.25) is 9.84 Å². The number of para-hydroxylation sites is 2. The van der Waals surface area contributed by atoms with Gasteiger partial charge in [0.05, 0.1) is 23.9 Å². The average molecular weight is 434 g/mol. The van der Waals surface area contributed by atoms with Gasteiger partial charge in [0.25, 0.3) is 0 Å². The maximum atomic E-state index is 13.4. The van der Waals surface area contributed by atoms with Crippen LogP contribution in [0.25, 0.3) is 21.9 Å². The van der Waals surface area contributed by atoms with Crippen molar-refractivity contribution in [3.05, 3.63) is 95.8 Å². The van der Waals surface area contributed by atoms with Crippen LogP contribution in [0.5, 0.6) is 0 Å². The summed E-state index contributed by atoms with van der Waals surface area (Å²) in [6.45, 7) is 0.494. The molecule has 5 aromatic rings. The van der Waals surface area contributed by atoms with Crippen LogP contribution < -0.4 is 0 Å². The molecule has 0 saturated carbocycles. The van der Waals surface area contributed by atoms with E-state index < -0.39 is 9.84 Å². The SMILES string of the molecule is O=S(=O)(c1ccc2ccccc2n1)c1cccc2c1ncn2Cc1ccccc1Cl. The van der Waals surface area contributed by atoms with Crippen LogP contribution in [0.15, 0.2) is 95.1 Å². The first-order chi connectivity index (χ1) is 14.5. The third-order valence-electron chi connectivity index (χ3n) is 5.05. The van der Waals surface area contributed by atoms with E-state index in [1.54, 1.807) is 30.6 Å². The molecule has 0 unspecified atom stereocenters. The lowest BCUT2D eigenvalue weighted by atomic mass is 10.2. The van der Waals surface area contributed by atoms with Gasteiger partial charge in [-0.05, 0) is 42.0 Å². The highest BCUT2D eigenvalue weighted by molar-refractivity contribution is 7.91. The molecule has 0 aliphatic carbocycles. The molecule has 0 N–H and O–H groups in total. The van der Waals surface area contributed by atoms with Crippen LogP contribution in [0.4, 0.5) is 0 Å². The van der Waals surface area contributed by atoms with Crippen LogP contribution in [0.3, 0.4) is 0 Å². The molecule has 2 heterocycles. The van der Waals surface area contributed by atoms with E-state index >= 15 is 0 Å². The number of benzene rings is 3. The van der Waals surface area contributed by atoms with Crippen molar-refractivity contribution in [1.29, 1.82) is 0 Å². The summed E-state index contributed by atoms with van der Waals surface area (Å²) in [5, 5.41) is 1.55. The topological polar surface area (TPSA) is 64.8 Å². The highest BCUT2D eigenvalue weighted by Gasteiger charge is 2.24. The molecule has 0 spiro atoms. The monoisotopic (exact) mass is 433 g/mol. The molecule has 7 heteroatoms. The van der Waals surface area contributed by atoms with E-state index in [-0.39, 0.29) is 9.92 Å². The number of fused-ring (bicyclic) bond motifs is 2. The van der Waals surface area contributed by atoms with Crippen LogP contribution >= 0.6 is 11.6 Å². The van der Waals surface area contributed by atoms with E-state index in [1.807, 2.05) is 53.1 Å². The molecule has 3 aromatic carbocycles. The third-order valence-corrected chi connectivity index (χ3v) is 7.10. The second kappa shape index (κ2) is 7.23. The Morgan fingerprint density at radius 2 is 1.67 bits per heavy atom. The fourth-order valence-electron chi connectivity index (χ4n) is 3.52. The Hall–Kier alpha value is -3.22. The molecule has 0 bridgehead atoms. The Labute approximate surface area is 178 Å². The minimum Gasteiger partial charge on any atom is -0.326 e. The first-order valence-corrected chi connectivity index (χ1v) is 11.2. The van der Waals surface area contributed by atoms with E-state index in [0.29, 0.717) is 22.6 Å². The smallest absolute Gasteiger partial charge is 0.226 e. The fourth-order valence-corrected chi connectivity index (χ4v) is 5.08. The number of hydrogen-bond acceptors (Lipinski definition) is 4. The number of pyridine rings is 1. The molecular formula is C23H16ClN3O2S. The van der Waals surface area contributed by atoms with Crippen LogP contribution in [-0.2, 0) is 16.4 Å². The summed E-state index contributed by atoms with van der Waals surface area (Å²) in [5.74, 6) is 0. The molecule has 0 atom stereocenters. The summed E-state index contributed by atoms with van der Waals surface area (Å²) < 4.78 is 28.7. The molecule has 0 aliphatic rings. The number of aromatic nitrogens is 3. The number of sulfone groups is 1. The van der Waals surface area contributed by atoms with Gasteiger partial charge in [-0.3, -0.25) is 0 Å². The zero-order valence-electron chi connectivity index (χ0n) is 15.7. The van der Waals surface area contributed by atoms with Crippen molar-refractivity contribution in [3.8, 4) is 0 Å². The van der Waals surface area contributed by atoms with Crippen LogP contribution in [0.1, 0.15) is 5.56 Å². The number of rotatable bonds is 4. The normalized spacial score (nSPS) is 11.9. The number of imidazole rings is 1. The minimum atomic E-state index is -3.84. The van der Waals surface area contributed by atoms with E-state index in [1.165, 1.54) is 6.07 Å². The Balaban J connectivity index is 1.62. The fraction of sp³-hybridized carbons (Fsp3) is 0.0435. The van der Waals surface area contributed by atoms with E-state index in [4.69, 9.17) is 11.6 Å². The van der Waals surface area contributed by atoms with Crippen molar-refractivity contribution in [1.82, 2.24) is 14.5 Å². The van der Waals surface area contributed by atoms with Crippen LogP contribution in [-0.4, -0.2) is 23.0 Å². The number of nitrogens with zero attached hydrogens (tertiary/aromatic N) is 3. The largest absolute Gasteiger partial charge is 0.326 e. The zero-order valence-corrected chi connectivity index (χ0v) is 17.3. The van der Waals surface area contributed by atoms with Crippen molar-refractivity contribution in [2.45, 2.75) is 16.5 Å². The Bertz CT molecular complexity index is 1510. The lowest BCUT2D eigenvalue weighted by molar-refractivity contribution is 0.593. The molecular weight excluding hydrogens is 418 g/mol. The molecule has 0 radical (unpaired) electrons. The van der Waals surface area contributed by atoms with Gasteiger partial charge >= 0.3 is 0 Å². The number of hydrogen-bond donors (Lipinski definition) is 0. The molecule has 0 saturated heterocycles. The van der Waals surface area contributed by atoms with Gasteiger partial charge in [0.1, 0.15) is 10.4 Å². The second-order valence-electron chi connectivity index (χ2n) is 6.93. The average Bonchev–Trinajstić information content (AvgIpc) is 3.18. The van der Waals surface area contributed by atoms with Crippen molar-refractivity contribution in [2.75, 3.05) is 0 Å². The first-order valence-electron chi connectivity index (χ1n) is 9.32. The summed E-state index contributed by atoms with van der Waals surface area (Å²) in [6.07, 6.45) is 1.64. The van der Waals surface area contributed by atoms with Gasteiger partial charge in [0, 0.05) is 10.4 Å². The Morgan fingerprint density at radius 3 is 2.53 bits per heavy atom. The van der Waals surface area contributed by atoms with Crippen molar-refractivity contribution >= 4 is 43.4 Å². The summed E-state index contributed by atoms with van der Waals surface area (Å²) in [4.78, 5) is 8.93. The Morgan fingerprint density at radius 1 is 0.867 bits per heavy atom. The first kappa shape index (κ1) is 18.8. The van der Waals surface area contributed by atoms with Crippen molar-refractivity contribution in [2.24, 2.45) is 0 Å². The van der Waals surface area contributed by atoms with Crippen molar-refractivity contribution < 1.29 is 8.42 Å². The van der Waals surface area contributed by atoms with E-state index in [2.05, 4.69) is 9.97 Å². The molecule has 0 fully saturated rings. The summed E-state index contributed by atoms with van der Waals surface area (Å²) >= 11 is 6.29. The summed E-state index contributed by atoms with van der Waals surface area (Å²) in [6, 6.07) is 23.4. The molecule has 30 heavy (non-hydrogen) atoms. The lowest BCUT2D eigenvalue weighted by Crippen LogP contribution is -2.06. The quantitative estimate of drug-likeness (QED) is 0.394. The van der Waals surface area contributed by atoms with E-state index in [9.17, 15) is 8.42 Å². The third kappa shape index (κ3) is 3.14. The van der Waals surface area contributed by atoms with Gasteiger partial charge in [-0.2, -0.15) is 0 Å². The predicted molar refractivity (Wildman–Crippen MR) is 117 cm³/mol. The molecule has 0 aliphatic heterocycles. The molecule has 148 valence electrons.